The number of fused-ring (bicyclic) bond motifs is 3. The van der Waals surface area contributed by atoms with E-state index >= 15 is 0 Å². The van der Waals surface area contributed by atoms with Gasteiger partial charge in [0.2, 0.25) is 0 Å². The van der Waals surface area contributed by atoms with Gasteiger partial charge in [0.15, 0.2) is 0 Å². The van der Waals surface area contributed by atoms with Crippen molar-refractivity contribution in [3.63, 3.8) is 0 Å². The van der Waals surface area contributed by atoms with Gasteiger partial charge >= 0.3 is 5.97 Å². The van der Waals surface area contributed by atoms with Crippen LogP contribution in [0.25, 0.3) is 16.7 Å². The summed E-state index contributed by atoms with van der Waals surface area (Å²) in [5.74, 6) is -0.643. The normalized spacial score (nSPS) is 18.3. The quantitative estimate of drug-likeness (QED) is 0.844. The molecule has 0 fully saturated rings. The van der Waals surface area contributed by atoms with Crippen molar-refractivity contribution in [3.05, 3.63) is 58.8 Å². The summed E-state index contributed by atoms with van der Waals surface area (Å²) in [5.41, 5.74) is 5.67. The largest absolute Gasteiger partial charge is 0.507 e. The molecule has 0 aliphatic carbocycles. The molecular weight excluding hydrogens is 346 g/mol. The van der Waals surface area contributed by atoms with Gasteiger partial charge in [-0.3, -0.25) is 4.99 Å². The number of carbonyl (C=O) groups is 1. The van der Waals surface area contributed by atoms with Gasteiger partial charge in [0.05, 0.1) is 19.1 Å². The predicted octanol–water partition coefficient (Wildman–Crippen LogP) is 3.81. The van der Waals surface area contributed by atoms with E-state index < -0.39 is 5.97 Å². The molecule has 0 unspecified atom stereocenters. The molecular formula is C21H19NO5. The highest BCUT2D eigenvalue weighted by molar-refractivity contribution is 6.09. The number of allylic oxidation sites excluding steroid dienone is 2. The molecule has 3 heterocycles. The van der Waals surface area contributed by atoms with Crippen LogP contribution in [0.2, 0.25) is 0 Å². The molecule has 1 aromatic heterocycles. The van der Waals surface area contributed by atoms with Crippen molar-refractivity contribution in [1.82, 2.24) is 0 Å². The maximum absolute atomic E-state index is 11.4. The minimum atomic E-state index is -1.21. The molecule has 2 N–H and O–H groups in total. The molecule has 1 aromatic carbocycles. The Labute approximate surface area is 156 Å². The second-order valence-electron chi connectivity index (χ2n) is 6.59. The Balaban J connectivity index is 1.95. The van der Waals surface area contributed by atoms with E-state index in [-0.39, 0.29) is 11.3 Å². The molecule has 0 spiro atoms. The molecule has 6 heteroatoms. The van der Waals surface area contributed by atoms with Crippen LogP contribution in [0, 0.1) is 0 Å². The number of furan rings is 1. The van der Waals surface area contributed by atoms with Gasteiger partial charge in [-0.05, 0) is 48.3 Å². The number of rotatable bonds is 2. The fourth-order valence-electron chi connectivity index (χ4n) is 3.64. The van der Waals surface area contributed by atoms with E-state index in [1.807, 2.05) is 19.1 Å². The number of aliphatic hydroxyl groups excluding tert-OH is 1. The van der Waals surface area contributed by atoms with Gasteiger partial charge in [-0.15, -0.1) is 0 Å². The van der Waals surface area contributed by atoms with Crippen molar-refractivity contribution < 1.29 is 24.2 Å². The average Bonchev–Trinajstić information content (AvgIpc) is 3.32. The van der Waals surface area contributed by atoms with Gasteiger partial charge in [0.25, 0.3) is 0 Å². The molecule has 0 saturated carbocycles. The molecule has 2 aliphatic heterocycles. The number of nitrogens with zero attached hydrogens (tertiary/aromatic N) is 1. The first-order valence-corrected chi connectivity index (χ1v) is 8.75. The van der Waals surface area contributed by atoms with E-state index in [4.69, 9.17) is 9.15 Å². The van der Waals surface area contributed by atoms with Crippen LogP contribution in [0.4, 0.5) is 0 Å². The van der Waals surface area contributed by atoms with Crippen molar-refractivity contribution in [2.75, 3.05) is 13.2 Å². The highest BCUT2D eigenvalue weighted by atomic mass is 16.5. The van der Waals surface area contributed by atoms with Crippen LogP contribution in [0.5, 0.6) is 5.75 Å². The number of aliphatic imine (C=N–C) groups is 1. The van der Waals surface area contributed by atoms with Gasteiger partial charge in [-0.25, -0.2) is 4.79 Å². The van der Waals surface area contributed by atoms with Crippen molar-refractivity contribution in [2.45, 2.75) is 19.8 Å². The van der Waals surface area contributed by atoms with Gasteiger partial charge in [0.1, 0.15) is 17.1 Å². The number of ether oxygens (including phenoxy) is 1. The molecule has 0 atom stereocenters. The number of aliphatic hydroxyl groups is 1. The zero-order chi connectivity index (χ0) is 19.0. The minimum absolute atomic E-state index is 0.211. The fraction of sp³-hybridized carbons (Fsp3) is 0.238. The van der Waals surface area contributed by atoms with Gasteiger partial charge in [-0.2, -0.15) is 0 Å². The molecule has 138 valence electrons. The maximum atomic E-state index is 11.4. The van der Waals surface area contributed by atoms with E-state index in [9.17, 15) is 15.0 Å². The molecule has 27 heavy (non-hydrogen) atoms. The van der Waals surface area contributed by atoms with Gasteiger partial charge in [-0.1, -0.05) is 0 Å². The Morgan fingerprint density at radius 1 is 1.22 bits per heavy atom. The lowest BCUT2D eigenvalue weighted by Gasteiger charge is -2.18. The standard InChI is InChI=1S/C21H19NO5/c1-12-8-19(23)18(21(24)25)10-22-5-2-14-15-4-7-27-20(15)17(9-16(12)14)13-3-6-26-11-13/h3,6,8-11,23H,2,4-5,7H2,1H3,(H,24,25)/b12-8+,19-18?,22-10?. The summed E-state index contributed by atoms with van der Waals surface area (Å²) >= 11 is 0. The van der Waals surface area contributed by atoms with Crippen molar-refractivity contribution >= 4 is 17.8 Å². The SMILES string of the molecule is C/C1=C\C(O)=C(C(=O)O)C=NCCc2c1cc(-c1ccoc1)c1c2CCO1. The lowest BCUT2D eigenvalue weighted by Crippen LogP contribution is -2.08. The third-order valence-electron chi connectivity index (χ3n) is 4.92. The van der Waals surface area contributed by atoms with Crippen molar-refractivity contribution in [3.8, 4) is 16.9 Å². The van der Waals surface area contributed by atoms with E-state index in [1.165, 1.54) is 12.3 Å². The summed E-state index contributed by atoms with van der Waals surface area (Å²) in [6.07, 6.45) is 7.48. The van der Waals surface area contributed by atoms with Crippen LogP contribution in [0.3, 0.4) is 0 Å². The zero-order valence-corrected chi connectivity index (χ0v) is 14.9. The number of aliphatic carboxylic acids is 1. The first kappa shape index (κ1) is 17.1. The third kappa shape index (κ3) is 3.03. The third-order valence-corrected chi connectivity index (χ3v) is 4.92. The zero-order valence-electron chi connectivity index (χ0n) is 14.9. The van der Waals surface area contributed by atoms with Crippen LogP contribution in [-0.2, 0) is 17.6 Å². The Morgan fingerprint density at radius 2 is 2.07 bits per heavy atom. The van der Waals surface area contributed by atoms with E-state index in [0.717, 1.165) is 45.6 Å². The first-order chi connectivity index (χ1) is 13.1. The van der Waals surface area contributed by atoms with E-state index in [0.29, 0.717) is 19.6 Å². The number of carboxylic acids is 1. The highest BCUT2D eigenvalue weighted by Gasteiger charge is 2.25. The summed E-state index contributed by atoms with van der Waals surface area (Å²) in [7, 11) is 0. The molecule has 4 rings (SSSR count). The Hall–Kier alpha value is -3.28. The lowest BCUT2D eigenvalue weighted by molar-refractivity contribution is -0.132. The summed E-state index contributed by atoms with van der Waals surface area (Å²) in [4.78, 5) is 15.6. The number of hydrogen-bond acceptors (Lipinski definition) is 5. The molecule has 6 nitrogen and oxygen atoms in total. The topological polar surface area (TPSA) is 92.3 Å². The summed E-state index contributed by atoms with van der Waals surface area (Å²) in [6.45, 7) is 2.92. The average molecular weight is 365 g/mol. The number of benzene rings is 1. The molecule has 0 radical (unpaired) electrons. The number of hydrogen-bond donors (Lipinski definition) is 2. The van der Waals surface area contributed by atoms with Crippen LogP contribution in [0.15, 0.2) is 51.5 Å². The highest BCUT2D eigenvalue weighted by Crippen LogP contribution is 2.43. The summed E-state index contributed by atoms with van der Waals surface area (Å²) < 4.78 is 11.2. The minimum Gasteiger partial charge on any atom is -0.507 e. The fourth-order valence-corrected chi connectivity index (χ4v) is 3.64. The Kier molecular flexibility index (Phi) is 4.32. The second kappa shape index (κ2) is 6.79. The van der Waals surface area contributed by atoms with Gasteiger partial charge < -0.3 is 19.4 Å². The van der Waals surface area contributed by atoms with Crippen LogP contribution >= 0.6 is 0 Å². The molecule has 2 aromatic rings. The molecule has 0 amide bonds. The van der Waals surface area contributed by atoms with E-state index in [1.54, 1.807) is 12.5 Å². The molecule has 2 aliphatic rings. The van der Waals surface area contributed by atoms with Gasteiger partial charge in [0, 0.05) is 35.9 Å². The van der Waals surface area contributed by atoms with Crippen LogP contribution in [-0.4, -0.2) is 35.5 Å². The van der Waals surface area contributed by atoms with Crippen LogP contribution in [0.1, 0.15) is 23.6 Å². The monoisotopic (exact) mass is 365 g/mol. The summed E-state index contributed by atoms with van der Waals surface area (Å²) in [5, 5.41) is 19.6. The number of carboxylic acid groups (broad SMARTS) is 1. The molecule has 0 bridgehead atoms. The Bertz CT molecular complexity index is 996. The van der Waals surface area contributed by atoms with Crippen LogP contribution < -0.4 is 4.74 Å². The second-order valence-corrected chi connectivity index (χ2v) is 6.59. The van der Waals surface area contributed by atoms with Crippen molar-refractivity contribution in [1.29, 1.82) is 0 Å². The maximum Gasteiger partial charge on any atom is 0.341 e. The first-order valence-electron chi connectivity index (χ1n) is 8.75. The smallest absolute Gasteiger partial charge is 0.341 e. The van der Waals surface area contributed by atoms with E-state index in [2.05, 4.69) is 4.99 Å². The Morgan fingerprint density at radius 3 is 2.81 bits per heavy atom. The molecule has 0 saturated heterocycles. The predicted molar refractivity (Wildman–Crippen MR) is 101 cm³/mol. The summed E-state index contributed by atoms with van der Waals surface area (Å²) in [6, 6.07) is 3.91. The lowest BCUT2D eigenvalue weighted by atomic mass is 9.88. The van der Waals surface area contributed by atoms with Crippen molar-refractivity contribution in [2.24, 2.45) is 4.99 Å².